The molecule has 1 aliphatic carbocycles. The number of amides is 1. The summed E-state index contributed by atoms with van der Waals surface area (Å²) >= 11 is 6.25. The summed E-state index contributed by atoms with van der Waals surface area (Å²) in [5.74, 6) is 1.96. The minimum atomic E-state index is -0.112. The highest BCUT2D eigenvalue weighted by Crippen LogP contribution is 2.36. The maximum atomic E-state index is 12.6. The van der Waals surface area contributed by atoms with Crippen LogP contribution < -0.4 is 14.8 Å². The van der Waals surface area contributed by atoms with Crippen LogP contribution in [-0.2, 0) is 0 Å². The zero-order valence-electron chi connectivity index (χ0n) is 14.3. The predicted molar refractivity (Wildman–Crippen MR) is 92.6 cm³/mol. The molecule has 0 spiro atoms. The summed E-state index contributed by atoms with van der Waals surface area (Å²) < 4.78 is 10.8. The van der Waals surface area contributed by atoms with Gasteiger partial charge in [-0.25, -0.2) is 0 Å². The van der Waals surface area contributed by atoms with E-state index < -0.39 is 0 Å². The summed E-state index contributed by atoms with van der Waals surface area (Å²) in [6.07, 6.45) is 3.42. The Balaban J connectivity index is 2.17. The zero-order valence-corrected chi connectivity index (χ0v) is 15.1. The number of carbonyl (C=O) groups is 1. The van der Waals surface area contributed by atoms with Gasteiger partial charge in [0.05, 0.1) is 18.7 Å². The molecule has 1 aromatic rings. The van der Waals surface area contributed by atoms with Crippen LogP contribution in [0.4, 0.5) is 0 Å². The van der Waals surface area contributed by atoms with E-state index in [9.17, 15) is 4.79 Å². The molecule has 1 fully saturated rings. The van der Waals surface area contributed by atoms with E-state index in [1.165, 1.54) is 6.42 Å². The molecular weight excluding hydrogens is 314 g/mol. The van der Waals surface area contributed by atoms with E-state index in [1.54, 1.807) is 19.2 Å². The first kappa shape index (κ1) is 17.9. The van der Waals surface area contributed by atoms with Crippen molar-refractivity contribution in [3.05, 3.63) is 22.7 Å². The zero-order chi connectivity index (χ0) is 17.0. The first-order valence-electron chi connectivity index (χ1n) is 8.29. The van der Waals surface area contributed by atoms with Crippen molar-refractivity contribution in [1.82, 2.24) is 5.32 Å². The van der Waals surface area contributed by atoms with Crippen LogP contribution in [0, 0.1) is 11.8 Å². The van der Waals surface area contributed by atoms with Gasteiger partial charge in [0.25, 0.3) is 5.91 Å². The molecule has 0 heterocycles. The summed E-state index contributed by atoms with van der Waals surface area (Å²) in [7, 11) is 1.54. The third-order valence-electron chi connectivity index (χ3n) is 4.80. The molecule has 2 rings (SSSR count). The van der Waals surface area contributed by atoms with Gasteiger partial charge in [0.15, 0.2) is 11.5 Å². The molecular formula is C18H26ClNO3. The van der Waals surface area contributed by atoms with Gasteiger partial charge in [-0.05, 0) is 37.3 Å². The molecule has 1 aliphatic rings. The summed E-state index contributed by atoms with van der Waals surface area (Å²) in [4.78, 5) is 12.6. The molecule has 1 aromatic carbocycles. The lowest BCUT2D eigenvalue weighted by Gasteiger charge is -2.34. The molecule has 0 aliphatic heterocycles. The van der Waals surface area contributed by atoms with Gasteiger partial charge >= 0.3 is 0 Å². The van der Waals surface area contributed by atoms with Crippen molar-refractivity contribution in [1.29, 1.82) is 0 Å². The van der Waals surface area contributed by atoms with Crippen molar-refractivity contribution in [2.75, 3.05) is 13.7 Å². The van der Waals surface area contributed by atoms with E-state index in [0.29, 0.717) is 40.5 Å². The molecule has 1 N–H and O–H groups in total. The van der Waals surface area contributed by atoms with Crippen molar-refractivity contribution in [2.45, 2.75) is 46.1 Å². The Labute approximate surface area is 143 Å². The molecule has 1 amide bonds. The van der Waals surface area contributed by atoms with Crippen LogP contribution in [-0.4, -0.2) is 25.7 Å². The first-order chi connectivity index (χ1) is 11.0. The Morgan fingerprint density at radius 2 is 2.09 bits per heavy atom. The number of hydrogen-bond acceptors (Lipinski definition) is 3. The Kier molecular flexibility index (Phi) is 6.17. The highest BCUT2D eigenvalue weighted by Gasteiger charge is 2.28. The second kappa shape index (κ2) is 7.91. The van der Waals surface area contributed by atoms with Gasteiger partial charge in [0.1, 0.15) is 0 Å². The second-order valence-electron chi connectivity index (χ2n) is 6.27. The fourth-order valence-electron chi connectivity index (χ4n) is 3.17. The number of ether oxygens (including phenoxy) is 2. The number of nitrogens with one attached hydrogen (secondary N) is 1. The number of rotatable bonds is 5. The lowest BCUT2D eigenvalue weighted by atomic mass is 9.78. The van der Waals surface area contributed by atoms with E-state index in [-0.39, 0.29) is 11.9 Å². The maximum Gasteiger partial charge on any atom is 0.251 e. The summed E-state index contributed by atoms with van der Waals surface area (Å²) in [5, 5.41) is 3.54. The minimum absolute atomic E-state index is 0.112. The molecule has 4 nitrogen and oxygen atoms in total. The quantitative estimate of drug-likeness (QED) is 0.869. The Morgan fingerprint density at radius 1 is 1.35 bits per heavy atom. The van der Waals surface area contributed by atoms with Crippen LogP contribution in [0.3, 0.4) is 0 Å². The summed E-state index contributed by atoms with van der Waals surface area (Å²) in [6.45, 7) is 6.82. The lowest BCUT2D eigenvalue weighted by molar-refractivity contribution is 0.0890. The van der Waals surface area contributed by atoms with Gasteiger partial charge < -0.3 is 14.8 Å². The largest absolute Gasteiger partial charge is 0.493 e. The van der Waals surface area contributed by atoms with E-state index in [2.05, 4.69) is 19.2 Å². The molecule has 0 aromatic heterocycles. The van der Waals surface area contributed by atoms with Gasteiger partial charge in [-0.2, -0.15) is 0 Å². The Hall–Kier alpha value is -1.42. The highest BCUT2D eigenvalue weighted by atomic mass is 35.5. The Bertz CT molecular complexity index is 561. The number of hydrogen-bond donors (Lipinski definition) is 1. The molecule has 3 atom stereocenters. The average Bonchev–Trinajstić information content (AvgIpc) is 2.53. The van der Waals surface area contributed by atoms with Crippen molar-refractivity contribution in [3.8, 4) is 11.5 Å². The van der Waals surface area contributed by atoms with E-state index in [1.807, 2.05) is 6.92 Å². The van der Waals surface area contributed by atoms with Crippen LogP contribution in [0.5, 0.6) is 11.5 Å². The smallest absolute Gasteiger partial charge is 0.251 e. The van der Waals surface area contributed by atoms with Gasteiger partial charge in [-0.3, -0.25) is 4.79 Å². The van der Waals surface area contributed by atoms with Crippen LogP contribution in [0.2, 0.25) is 5.02 Å². The summed E-state index contributed by atoms with van der Waals surface area (Å²) in [6, 6.07) is 3.53. The van der Waals surface area contributed by atoms with Crippen LogP contribution in [0.15, 0.2) is 12.1 Å². The molecule has 0 bridgehead atoms. The third kappa shape index (κ3) is 4.11. The predicted octanol–water partition coefficient (Wildman–Crippen LogP) is 4.30. The number of benzene rings is 1. The molecule has 23 heavy (non-hydrogen) atoms. The molecule has 128 valence electrons. The minimum Gasteiger partial charge on any atom is -0.493 e. The normalized spacial score (nSPS) is 24.1. The van der Waals surface area contributed by atoms with Gasteiger partial charge in [-0.1, -0.05) is 38.3 Å². The summed E-state index contributed by atoms with van der Waals surface area (Å²) in [5.41, 5.74) is 0.501. The molecule has 0 radical (unpaired) electrons. The van der Waals surface area contributed by atoms with E-state index in [0.717, 1.165) is 12.8 Å². The molecule has 0 saturated heterocycles. The van der Waals surface area contributed by atoms with Gasteiger partial charge in [-0.15, -0.1) is 0 Å². The van der Waals surface area contributed by atoms with Crippen LogP contribution in [0.25, 0.3) is 0 Å². The van der Waals surface area contributed by atoms with Gasteiger partial charge in [0, 0.05) is 11.6 Å². The van der Waals surface area contributed by atoms with E-state index in [4.69, 9.17) is 21.1 Å². The highest BCUT2D eigenvalue weighted by molar-refractivity contribution is 6.32. The fourth-order valence-corrected chi connectivity index (χ4v) is 3.44. The average molecular weight is 340 g/mol. The monoisotopic (exact) mass is 339 g/mol. The Morgan fingerprint density at radius 3 is 2.74 bits per heavy atom. The number of halogens is 1. The van der Waals surface area contributed by atoms with Crippen molar-refractivity contribution < 1.29 is 14.3 Å². The maximum absolute atomic E-state index is 12.6. The SMILES string of the molecule is CCOc1c(Cl)cc(C(=O)N[C@H]2CCC[C@H](C)[C@@H]2C)cc1OC. The number of methoxy groups -OCH3 is 1. The van der Waals surface area contributed by atoms with Crippen molar-refractivity contribution in [2.24, 2.45) is 11.8 Å². The van der Waals surface area contributed by atoms with Crippen LogP contribution >= 0.6 is 11.6 Å². The van der Waals surface area contributed by atoms with E-state index >= 15 is 0 Å². The lowest BCUT2D eigenvalue weighted by Crippen LogP contribution is -2.43. The number of carbonyl (C=O) groups excluding carboxylic acids is 1. The van der Waals surface area contributed by atoms with Crippen molar-refractivity contribution in [3.63, 3.8) is 0 Å². The molecule has 1 saturated carbocycles. The first-order valence-corrected chi connectivity index (χ1v) is 8.66. The van der Waals surface area contributed by atoms with Crippen molar-refractivity contribution >= 4 is 17.5 Å². The standard InChI is InChI=1S/C18H26ClNO3/c1-5-23-17-14(19)9-13(10-16(17)22-4)18(21)20-15-8-6-7-11(2)12(15)3/h9-12,15H,5-8H2,1-4H3,(H,20,21)/t11-,12-,15-/m0/s1. The third-order valence-corrected chi connectivity index (χ3v) is 5.08. The van der Waals surface area contributed by atoms with Crippen LogP contribution in [0.1, 0.15) is 50.4 Å². The fraction of sp³-hybridized carbons (Fsp3) is 0.611. The topological polar surface area (TPSA) is 47.6 Å². The molecule has 0 unspecified atom stereocenters. The van der Waals surface area contributed by atoms with Gasteiger partial charge in [0.2, 0.25) is 0 Å². The molecule has 5 heteroatoms. The second-order valence-corrected chi connectivity index (χ2v) is 6.68.